The average molecular weight is 729 g/mol. The van der Waals surface area contributed by atoms with E-state index in [1.54, 1.807) is 0 Å². The molecule has 0 bridgehead atoms. The molecule has 0 radical (unpaired) electrons. The van der Waals surface area contributed by atoms with E-state index in [9.17, 15) is 0 Å². The molecule has 0 fully saturated rings. The summed E-state index contributed by atoms with van der Waals surface area (Å²) in [6, 6.07) is 75.6. The summed E-state index contributed by atoms with van der Waals surface area (Å²) in [7, 11) is 0. The Bertz CT molecular complexity index is 3160. The van der Waals surface area contributed by atoms with Gasteiger partial charge in [-0.1, -0.05) is 153 Å². The number of rotatable bonds is 6. The zero-order valence-electron chi connectivity index (χ0n) is 32.0. The zero-order chi connectivity index (χ0) is 38.1. The Kier molecular flexibility index (Phi) is 7.55. The normalized spacial score (nSPS) is 12.9. The summed E-state index contributed by atoms with van der Waals surface area (Å²) in [6.07, 6.45) is 0. The summed E-state index contributed by atoms with van der Waals surface area (Å²) in [6.45, 7) is 4.83. The van der Waals surface area contributed by atoms with Crippen molar-refractivity contribution in [1.82, 2.24) is 0 Å². The Hall–Kier alpha value is -7.16. The Morgan fingerprint density at radius 3 is 1.44 bits per heavy atom. The molecule has 57 heavy (non-hydrogen) atoms. The van der Waals surface area contributed by atoms with E-state index < -0.39 is 0 Å². The molecule has 0 atom stereocenters. The van der Waals surface area contributed by atoms with E-state index in [2.05, 4.69) is 230 Å². The van der Waals surface area contributed by atoms with Gasteiger partial charge in [-0.2, -0.15) is 0 Å². The molecule has 10 aromatic carbocycles. The molecule has 0 saturated carbocycles. The van der Waals surface area contributed by atoms with Gasteiger partial charge in [0.1, 0.15) is 0 Å². The van der Waals surface area contributed by atoms with Gasteiger partial charge >= 0.3 is 0 Å². The Balaban J connectivity index is 1.09. The summed E-state index contributed by atoms with van der Waals surface area (Å²) in [4.78, 5) is 4.83. The lowest BCUT2D eigenvalue weighted by molar-refractivity contribution is 0.667. The largest absolute Gasteiger partial charge is 0.310 e. The van der Waals surface area contributed by atoms with Crippen molar-refractivity contribution in [2.24, 2.45) is 0 Å². The van der Waals surface area contributed by atoms with E-state index in [1.807, 2.05) is 0 Å². The minimum Gasteiger partial charge on any atom is -0.310 e. The van der Waals surface area contributed by atoms with Crippen LogP contribution in [0.1, 0.15) is 25.0 Å². The standard InChI is InChI=1S/C55H40N2/c1-55(2)51-36-52(57(43-21-7-4-8-22-43)46-29-26-38-16-10-12-18-40(38)34-46)48-23-13-14-24-49(48)53(51)50-31-27-41-35-45(30-32-47(41)54(50)55)56(42-19-5-3-6-20-42)44-28-25-37-15-9-11-17-39(37)33-44/h3-36H,1-2H3. The molecule has 1 aliphatic carbocycles. The van der Waals surface area contributed by atoms with Crippen LogP contribution in [0.2, 0.25) is 0 Å². The van der Waals surface area contributed by atoms with E-state index >= 15 is 0 Å². The van der Waals surface area contributed by atoms with E-state index in [0.717, 1.165) is 28.4 Å². The van der Waals surface area contributed by atoms with Gasteiger partial charge in [-0.3, -0.25) is 0 Å². The molecule has 2 heteroatoms. The molecular weight excluding hydrogens is 689 g/mol. The van der Waals surface area contributed by atoms with Crippen LogP contribution in [0.15, 0.2) is 206 Å². The third kappa shape index (κ3) is 5.33. The third-order valence-electron chi connectivity index (χ3n) is 12.1. The highest BCUT2D eigenvalue weighted by Gasteiger charge is 2.39. The fraction of sp³-hybridized carbons (Fsp3) is 0.0545. The van der Waals surface area contributed by atoms with Gasteiger partial charge in [-0.25, -0.2) is 0 Å². The van der Waals surface area contributed by atoms with E-state index in [0.29, 0.717) is 0 Å². The highest BCUT2D eigenvalue weighted by Crippen LogP contribution is 2.56. The van der Waals surface area contributed by atoms with Crippen LogP contribution in [0.25, 0.3) is 54.2 Å². The fourth-order valence-electron chi connectivity index (χ4n) is 9.46. The van der Waals surface area contributed by atoms with Gasteiger partial charge < -0.3 is 9.80 Å². The van der Waals surface area contributed by atoms with Gasteiger partial charge in [-0.15, -0.1) is 0 Å². The quantitative estimate of drug-likeness (QED) is 0.168. The monoisotopic (exact) mass is 728 g/mol. The highest BCUT2D eigenvalue weighted by atomic mass is 15.1. The van der Waals surface area contributed by atoms with E-state index in [4.69, 9.17) is 0 Å². The summed E-state index contributed by atoms with van der Waals surface area (Å²) < 4.78 is 0. The maximum atomic E-state index is 2.48. The molecule has 0 N–H and O–H groups in total. The first-order chi connectivity index (χ1) is 28.0. The Labute approximate surface area is 333 Å². The molecule has 2 nitrogen and oxygen atoms in total. The molecule has 0 aromatic heterocycles. The minimum atomic E-state index is -0.256. The highest BCUT2D eigenvalue weighted by molar-refractivity contribution is 6.12. The van der Waals surface area contributed by atoms with E-state index in [1.165, 1.54) is 71.0 Å². The zero-order valence-corrected chi connectivity index (χ0v) is 32.0. The van der Waals surface area contributed by atoms with Crippen molar-refractivity contribution < 1.29 is 0 Å². The number of hydrogen-bond acceptors (Lipinski definition) is 2. The summed E-state index contributed by atoms with van der Waals surface area (Å²) >= 11 is 0. The summed E-state index contributed by atoms with van der Waals surface area (Å²) in [5.74, 6) is 0. The lowest BCUT2D eigenvalue weighted by Gasteiger charge is -2.30. The molecule has 0 unspecified atom stereocenters. The van der Waals surface area contributed by atoms with Crippen molar-refractivity contribution in [1.29, 1.82) is 0 Å². The fourth-order valence-corrected chi connectivity index (χ4v) is 9.46. The van der Waals surface area contributed by atoms with Gasteiger partial charge in [0.2, 0.25) is 0 Å². The van der Waals surface area contributed by atoms with Crippen LogP contribution in [0.5, 0.6) is 0 Å². The van der Waals surface area contributed by atoms with Crippen LogP contribution in [0.4, 0.5) is 34.1 Å². The van der Waals surface area contributed by atoms with Crippen LogP contribution in [0.3, 0.4) is 0 Å². The SMILES string of the molecule is CC1(C)c2cc(N(c3ccccc3)c3ccc4ccccc4c3)c3ccccc3c2-c2ccc3cc(N(c4ccccc4)c4ccc5ccccc5c4)ccc3c21. The van der Waals surface area contributed by atoms with Gasteiger partial charge in [0.15, 0.2) is 0 Å². The molecule has 0 spiro atoms. The maximum Gasteiger partial charge on any atom is 0.0543 e. The van der Waals surface area contributed by atoms with Crippen LogP contribution >= 0.6 is 0 Å². The van der Waals surface area contributed by atoms with Crippen molar-refractivity contribution in [3.63, 3.8) is 0 Å². The number of para-hydroxylation sites is 2. The topological polar surface area (TPSA) is 6.48 Å². The van der Waals surface area contributed by atoms with Gasteiger partial charge in [-0.05, 0) is 127 Å². The van der Waals surface area contributed by atoms with Crippen molar-refractivity contribution in [2.75, 3.05) is 9.80 Å². The predicted octanol–water partition coefficient (Wildman–Crippen LogP) is 15.5. The molecule has 1 aliphatic rings. The lowest BCUT2D eigenvalue weighted by atomic mass is 9.79. The summed E-state index contributed by atoms with van der Waals surface area (Å²) in [5, 5.41) is 9.99. The van der Waals surface area contributed by atoms with Crippen molar-refractivity contribution in [2.45, 2.75) is 19.3 Å². The van der Waals surface area contributed by atoms with Crippen molar-refractivity contribution in [3.8, 4) is 11.1 Å². The number of fused-ring (bicyclic) bond motifs is 9. The van der Waals surface area contributed by atoms with Crippen LogP contribution in [-0.4, -0.2) is 0 Å². The molecule has 0 saturated heterocycles. The van der Waals surface area contributed by atoms with Crippen LogP contribution in [-0.2, 0) is 5.41 Å². The first-order valence-electron chi connectivity index (χ1n) is 19.8. The third-order valence-corrected chi connectivity index (χ3v) is 12.1. The number of anilines is 6. The minimum absolute atomic E-state index is 0.256. The second-order valence-corrected chi connectivity index (χ2v) is 15.8. The van der Waals surface area contributed by atoms with E-state index in [-0.39, 0.29) is 5.41 Å². The van der Waals surface area contributed by atoms with Crippen LogP contribution < -0.4 is 9.80 Å². The number of nitrogens with zero attached hydrogens (tertiary/aromatic N) is 2. The lowest BCUT2D eigenvalue weighted by Crippen LogP contribution is -2.17. The molecule has 0 amide bonds. The molecule has 0 aliphatic heterocycles. The second kappa shape index (κ2) is 13.0. The van der Waals surface area contributed by atoms with Gasteiger partial charge in [0, 0.05) is 39.2 Å². The van der Waals surface area contributed by atoms with Gasteiger partial charge in [0.25, 0.3) is 0 Å². The molecular formula is C55H40N2. The molecule has 270 valence electrons. The van der Waals surface area contributed by atoms with Crippen molar-refractivity contribution >= 4 is 77.2 Å². The number of hydrogen-bond donors (Lipinski definition) is 0. The first-order valence-corrected chi connectivity index (χ1v) is 19.8. The molecule has 0 heterocycles. The molecule has 10 aromatic rings. The van der Waals surface area contributed by atoms with Crippen molar-refractivity contribution in [3.05, 3.63) is 217 Å². The number of benzene rings is 10. The summed E-state index contributed by atoms with van der Waals surface area (Å²) in [5.41, 5.74) is 12.0. The Morgan fingerprint density at radius 1 is 0.333 bits per heavy atom. The maximum absolute atomic E-state index is 2.48. The van der Waals surface area contributed by atoms with Gasteiger partial charge in [0.05, 0.1) is 5.69 Å². The Morgan fingerprint density at radius 2 is 0.807 bits per heavy atom. The smallest absolute Gasteiger partial charge is 0.0543 e. The average Bonchev–Trinajstić information content (AvgIpc) is 3.50. The molecule has 11 rings (SSSR count). The van der Waals surface area contributed by atoms with Crippen LogP contribution in [0, 0.1) is 0 Å². The second-order valence-electron chi connectivity index (χ2n) is 15.8. The predicted molar refractivity (Wildman–Crippen MR) is 243 cm³/mol. The first kappa shape index (κ1) is 33.2.